The Balaban J connectivity index is 1.62. The van der Waals surface area contributed by atoms with E-state index >= 15 is 0 Å². The Morgan fingerprint density at radius 1 is 1.16 bits per heavy atom. The fraction of sp³-hybridized carbons (Fsp3) is 0.524. The fourth-order valence-electron chi connectivity index (χ4n) is 3.79. The number of anilines is 2. The van der Waals surface area contributed by atoms with Gasteiger partial charge in [-0.1, -0.05) is 49.7 Å². The zero-order chi connectivity index (χ0) is 22.4. The van der Waals surface area contributed by atoms with Crippen molar-refractivity contribution in [3.8, 4) is 0 Å². The van der Waals surface area contributed by atoms with E-state index in [1.807, 2.05) is 13.0 Å². The molecule has 3 rings (SSSR count). The van der Waals surface area contributed by atoms with Crippen molar-refractivity contribution in [3.63, 3.8) is 0 Å². The van der Waals surface area contributed by atoms with Gasteiger partial charge in [-0.15, -0.1) is 10.2 Å². The van der Waals surface area contributed by atoms with Crippen LogP contribution in [0.15, 0.2) is 24.3 Å². The Morgan fingerprint density at radius 2 is 1.90 bits per heavy atom. The summed E-state index contributed by atoms with van der Waals surface area (Å²) in [6.45, 7) is 3.48. The molecule has 1 saturated carbocycles. The van der Waals surface area contributed by atoms with Crippen LogP contribution in [0, 0.1) is 6.92 Å². The number of rotatable bonds is 8. The first kappa shape index (κ1) is 23.3. The van der Waals surface area contributed by atoms with Gasteiger partial charge < -0.3 is 5.32 Å². The van der Waals surface area contributed by atoms with Crippen molar-refractivity contribution in [2.24, 2.45) is 0 Å². The summed E-state index contributed by atoms with van der Waals surface area (Å²) in [6.07, 6.45) is 5.72. The highest BCUT2D eigenvalue weighted by atomic mass is 32.2. The molecule has 0 aliphatic heterocycles. The summed E-state index contributed by atoms with van der Waals surface area (Å²) in [5.41, 5.74) is 1.46. The summed E-state index contributed by atoms with van der Waals surface area (Å²) >= 11 is 1.29. The van der Waals surface area contributed by atoms with E-state index in [0.29, 0.717) is 16.7 Å². The van der Waals surface area contributed by atoms with Gasteiger partial charge in [-0.3, -0.25) is 14.9 Å². The molecule has 0 saturated heterocycles. The van der Waals surface area contributed by atoms with Gasteiger partial charge in [-0.05, 0) is 43.9 Å². The van der Waals surface area contributed by atoms with Crippen LogP contribution in [0.1, 0.15) is 61.9 Å². The number of hydrogen-bond donors (Lipinski definition) is 2. The topological polar surface area (TPSA) is 118 Å². The number of nitrogens with zero attached hydrogens (tertiary/aromatic N) is 2. The lowest BCUT2D eigenvalue weighted by molar-refractivity contribution is -0.115. The average Bonchev–Trinajstić information content (AvgIpc) is 3.16. The van der Waals surface area contributed by atoms with Crippen molar-refractivity contribution < 1.29 is 18.0 Å². The van der Waals surface area contributed by atoms with Crippen LogP contribution in [-0.4, -0.2) is 41.4 Å². The van der Waals surface area contributed by atoms with Crippen LogP contribution in [0.2, 0.25) is 0 Å². The van der Waals surface area contributed by atoms with Crippen LogP contribution >= 0.6 is 11.3 Å². The molecule has 1 heterocycles. The van der Waals surface area contributed by atoms with E-state index in [2.05, 4.69) is 20.8 Å². The molecule has 0 radical (unpaired) electrons. The molecule has 1 aromatic carbocycles. The first-order chi connectivity index (χ1) is 14.8. The number of amides is 2. The maximum atomic E-state index is 12.8. The molecule has 1 aliphatic carbocycles. The Morgan fingerprint density at radius 3 is 2.58 bits per heavy atom. The summed E-state index contributed by atoms with van der Waals surface area (Å²) < 4.78 is 25.5. The number of nitrogens with one attached hydrogen (secondary N) is 2. The van der Waals surface area contributed by atoms with Gasteiger partial charge in [0.15, 0.2) is 9.84 Å². The molecular formula is C21H28N4O4S2. The average molecular weight is 465 g/mol. The van der Waals surface area contributed by atoms with Crippen molar-refractivity contribution >= 4 is 43.8 Å². The minimum atomic E-state index is -4.00. The first-order valence-electron chi connectivity index (χ1n) is 10.5. The molecule has 8 nitrogen and oxygen atoms in total. The number of aromatic nitrogens is 2. The van der Waals surface area contributed by atoms with E-state index < -0.39 is 32.7 Å². The smallest absolute Gasteiger partial charge is 0.244 e. The zero-order valence-corrected chi connectivity index (χ0v) is 19.4. The number of carbonyl (C=O) groups is 2. The van der Waals surface area contributed by atoms with E-state index in [1.54, 1.807) is 25.1 Å². The standard InChI is InChI=1S/C21H28N4O4S2/c1-3-17(31(28,29)13-18(26)22-16-11-7-8-14(2)12-16)19(27)23-21-25-24-20(30-21)15-9-5-4-6-10-15/h7-8,11-12,15,17H,3-6,9-10,13H2,1-2H3,(H,22,26)(H,23,25,27). The van der Waals surface area contributed by atoms with E-state index in [9.17, 15) is 18.0 Å². The van der Waals surface area contributed by atoms with Gasteiger partial charge >= 0.3 is 0 Å². The van der Waals surface area contributed by atoms with Crippen molar-refractivity contribution in [1.82, 2.24) is 10.2 Å². The lowest BCUT2D eigenvalue weighted by Crippen LogP contribution is -2.39. The predicted molar refractivity (Wildman–Crippen MR) is 122 cm³/mol. The molecule has 2 N–H and O–H groups in total. The van der Waals surface area contributed by atoms with E-state index in [-0.39, 0.29) is 6.42 Å². The van der Waals surface area contributed by atoms with E-state index in [0.717, 1.165) is 36.3 Å². The van der Waals surface area contributed by atoms with Gasteiger partial charge in [0, 0.05) is 11.6 Å². The van der Waals surface area contributed by atoms with Crippen LogP contribution < -0.4 is 10.6 Å². The molecular weight excluding hydrogens is 436 g/mol. The maximum absolute atomic E-state index is 12.8. The van der Waals surface area contributed by atoms with Gasteiger partial charge in [-0.25, -0.2) is 8.42 Å². The Kier molecular flexibility index (Phi) is 7.77. The molecule has 1 atom stereocenters. The van der Waals surface area contributed by atoms with Crippen molar-refractivity contribution in [2.75, 3.05) is 16.4 Å². The van der Waals surface area contributed by atoms with E-state index in [1.165, 1.54) is 17.8 Å². The summed E-state index contributed by atoms with van der Waals surface area (Å²) in [5.74, 6) is -1.77. The van der Waals surface area contributed by atoms with Crippen LogP contribution in [0.5, 0.6) is 0 Å². The number of benzene rings is 1. The fourth-order valence-corrected chi connectivity index (χ4v) is 6.24. The maximum Gasteiger partial charge on any atom is 0.244 e. The molecule has 2 amide bonds. The third-order valence-electron chi connectivity index (χ3n) is 5.36. The second kappa shape index (κ2) is 10.3. The quantitative estimate of drug-likeness (QED) is 0.615. The van der Waals surface area contributed by atoms with Gasteiger partial charge in [0.05, 0.1) is 0 Å². The number of carbonyl (C=O) groups excluding carboxylic acids is 2. The number of hydrogen-bond acceptors (Lipinski definition) is 7. The van der Waals surface area contributed by atoms with E-state index in [4.69, 9.17) is 0 Å². The molecule has 1 aliphatic rings. The molecule has 31 heavy (non-hydrogen) atoms. The van der Waals surface area contributed by atoms with Crippen LogP contribution in [0.25, 0.3) is 0 Å². The third-order valence-corrected chi connectivity index (χ3v) is 8.44. The molecule has 0 spiro atoms. The normalized spacial score (nSPS) is 15.9. The highest BCUT2D eigenvalue weighted by molar-refractivity contribution is 7.93. The molecule has 1 fully saturated rings. The van der Waals surface area contributed by atoms with Crippen LogP contribution in [0.3, 0.4) is 0 Å². The number of sulfone groups is 1. The van der Waals surface area contributed by atoms with Gasteiger partial charge in [0.25, 0.3) is 0 Å². The van der Waals surface area contributed by atoms with Gasteiger partial charge in [0.2, 0.25) is 16.9 Å². The largest absolute Gasteiger partial charge is 0.325 e. The van der Waals surface area contributed by atoms with Crippen molar-refractivity contribution in [3.05, 3.63) is 34.8 Å². The summed E-state index contributed by atoms with van der Waals surface area (Å²) in [4.78, 5) is 25.0. The molecule has 168 valence electrons. The Labute approximate surface area is 186 Å². The summed E-state index contributed by atoms with van der Waals surface area (Å²) in [6, 6.07) is 7.07. The molecule has 2 aromatic rings. The van der Waals surface area contributed by atoms with Crippen molar-refractivity contribution in [2.45, 2.75) is 63.5 Å². The number of aryl methyl sites for hydroxylation is 1. The first-order valence-corrected chi connectivity index (χ1v) is 13.0. The third kappa shape index (κ3) is 6.33. The second-order valence-electron chi connectivity index (χ2n) is 7.89. The molecule has 1 aromatic heterocycles. The highest BCUT2D eigenvalue weighted by Gasteiger charge is 2.33. The van der Waals surface area contributed by atoms with Gasteiger partial charge in [0.1, 0.15) is 16.0 Å². The summed E-state index contributed by atoms with van der Waals surface area (Å²) in [7, 11) is -4.00. The lowest BCUT2D eigenvalue weighted by atomic mass is 9.90. The Bertz CT molecular complexity index is 1030. The van der Waals surface area contributed by atoms with Crippen LogP contribution in [-0.2, 0) is 19.4 Å². The minimum Gasteiger partial charge on any atom is -0.325 e. The van der Waals surface area contributed by atoms with Crippen LogP contribution in [0.4, 0.5) is 10.8 Å². The monoisotopic (exact) mass is 464 g/mol. The Hall–Kier alpha value is -2.33. The second-order valence-corrected chi connectivity index (χ2v) is 11.1. The minimum absolute atomic E-state index is 0.0557. The lowest BCUT2D eigenvalue weighted by Gasteiger charge is -2.18. The highest BCUT2D eigenvalue weighted by Crippen LogP contribution is 2.35. The van der Waals surface area contributed by atoms with Crippen molar-refractivity contribution in [1.29, 1.82) is 0 Å². The molecule has 10 heteroatoms. The molecule has 1 unspecified atom stereocenters. The predicted octanol–water partition coefficient (Wildman–Crippen LogP) is 3.66. The van der Waals surface area contributed by atoms with Gasteiger partial charge in [-0.2, -0.15) is 0 Å². The molecule has 0 bridgehead atoms. The zero-order valence-electron chi connectivity index (χ0n) is 17.8. The summed E-state index contributed by atoms with van der Waals surface area (Å²) in [5, 5.41) is 13.2. The SMILES string of the molecule is CCC(C(=O)Nc1nnc(C2CCCCC2)s1)S(=O)(=O)CC(=O)Nc1cccc(C)c1.